The number of anilines is 1. The van der Waals surface area contributed by atoms with Crippen LogP contribution in [0.25, 0.3) is 17.1 Å². The first-order valence-corrected chi connectivity index (χ1v) is 8.52. The summed E-state index contributed by atoms with van der Waals surface area (Å²) in [5.74, 6) is 0.275. The van der Waals surface area contributed by atoms with Crippen LogP contribution in [0.2, 0.25) is 0 Å². The normalized spacial score (nSPS) is 10.6. The summed E-state index contributed by atoms with van der Waals surface area (Å²) in [5, 5.41) is 26.0. The molecule has 0 spiro atoms. The van der Waals surface area contributed by atoms with Gasteiger partial charge >= 0.3 is 0 Å². The standard InChI is InChI=1S/C21H16N4O3/c26-17-10-6-15(7-11-17)22-21(28)19-23-20(14-4-2-1-3-5-14)25(24-19)16-8-12-18(27)13-9-16/h1-13,26-27H,(H,22,28). The first kappa shape index (κ1) is 17.3. The number of rotatable bonds is 4. The Labute approximate surface area is 160 Å². The van der Waals surface area contributed by atoms with Crippen LogP contribution in [-0.2, 0) is 0 Å². The van der Waals surface area contributed by atoms with Crippen molar-refractivity contribution in [3.63, 3.8) is 0 Å². The van der Waals surface area contributed by atoms with Gasteiger partial charge in [-0.1, -0.05) is 30.3 Å². The maximum atomic E-state index is 12.6. The lowest BCUT2D eigenvalue weighted by atomic mass is 10.2. The number of aromatic hydroxyl groups is 2. The maximum absolute atomic E-state index is 12.6. The summed E-state index contributed by atoms with van der Waals surface area (Å²) in [6, 6.07) is 22.0. The molecule has 28 heavy (non-hydrogen) atoms. The Bertz CT molecular complexity index is 1100. The summed E-state index contributed by atoms with van der Waals surface area (Å²) in [5.41, 5.74) is 1.98. The van der Waals surface area contributed by atoms with E-state index in [0.29, 0.717) is 17.2 Å². The molecule has 1 aromatic heterocycles. The molecule has 0 fully saturated rings. The minimum absolute atomic E-state index is 0.00000283. The van der Waals surface area contributed by atoms with Crippen molar-refractivity contribution in [2.24, 2.45) is 0 Å². The number of carbonyl (C=O) groups excluding carboxylic acids is 1. The molecule has 138 valence electrons. The van der Waals surface area contributed by atoms with Crippen LogP contribution in [0, 0.1) is 0 Å². The molecule has 0 aliphatic rings. The van der Waals surface area contributed by atoms with E-state index in [1.165, 1.54) is 12.1 Å². The van der Waals surface area contributed by atoms with E-state index in [4.69, 9.17) is 0 Å². The van der Waals surface area contributed by atoms with Gasteiger partial charge in [0, 0.05) is 11.3 Å². The minimum Gasteiger partial charge on any atom is -0.508 e. The van der Waals surface area contributed by atoms with E-state index in [-0.39, 0.29) is 17.3 Å². The molecule has 0 saturated heterocycles. The van der Waals surface area contributed by atoms with Crippen LogP contribution < -0.4 is 5.32 Å². The lowest BCUT2D eigenvalue weighted by Gasteiger charge is -2.05. The number of phenols is 2. The fraction of sp³-hybridized carbons (Fsp3) is 0. The largest absolute Gasteiger partial charge is 0.508 e. The maximum Gasteiger partial charge on any atom is 0.295 e. The Hall–Kier alpha value is -4.13. The molecule has 1 amide bonds. The van der Waals surface area contributed by atoms with Crippen LogP contribution in [0.3, 0.4) is 0 Å². The second-order valence-corrected chi connectivity index (χ2v) is 6.05. The molecule has 1 heterocycles. The highest BCUT2D eigenvalue weighted by Crippen LogP contribution is 2.23. The topological polar surface area (TPSA) is 100 Å². The quantitative estimate of drug-likeness (QED) is 0.475. The number of benzene rings is 3. The Morgan fingerprint density at radius 1 is 0.821 bits per heavy atom. The summed E-state index contributed by atoms with van der Waals surface area (Å²) in [6.07, 6.45) is 0. The van der Waals surface area contributed by atoms with Gasteiger partial charge in [0.05, 0.1) is 5.69 Å². The number of phenolic OH excluding ortho intramolecular Hbond substituents is 2. The molecule has 4 rings (SSSR count). The van der Waals surface area contributed by atoms with E-state index < -0.39 is 5.91 Å². The van der Waals surface area contributed by atoms with Crippen LogP contribution in [0.1, 0.15) is 10.6 Å². The molecular weight excluding hydrogens is 356 g/mol. The molecule has 3 aromatic carbocycles. The number of nitrogens with one attached hydrogen (secondary N) is 1. The van der Waals surface area contributed by atoms with Crippen LogP contribution in [-0.4, -0.2) is 30.9 Å². The summed E-state index contributed by atoms with van der Waals surface area (Å²) in [4.78, 5) is 17.1. The average molecular weight is 372 g/mol. The highest BCUT2D eigenvalue weighted by atomic mass is 16.3. The number of hydrogen-bond acceptors (Lipinski definition) is 5. The third kappa shape index (κ3) is 3.54. The molecule has 0 unspecified atom stereocenters. The van der Waals surface area contributed by atoms with Gasteiger partial charge in [-0.2, -0.15) is 0 Å². The number of aromatic nitrogens is 3. The number of nitrogens with zero attached hydrogens (tertiary/aromatic N) is 3. The predicted octanol–water partition coefficient (Wildman–Crippen LogP) is 3.60. The summed E-state index contributed by atoms with van der Waals surface area (Å²) < 4.78 is 1.56. The first-order chi connectivity index (χ1) is 13.6. The van der Waals surface area contributed by atoms with E-state index >= 15 is 0 Å². The lowest BCUT2D eigenvalue weighted by Crippen LogP contribution is -2.14. The minimum atomic E-state index is -0.472. The number of hydrogen-bond donors (Lipinski definition) is 3. The van der Waals surface area contributed by atoms with Crippen molar-refractivity contribution in [3.8, 4) is 28.6 Å². The monoisotopic (exact) mass is 372 g/mol. The van der Waals surface area contributed by atoms with E-state index in [1.807, 2.05) is 30.3 Å². The Balaban J connectivity index is 1.73. The van der Waals surface area contributed by atoms with Crippen LogP contribution >= 0.6 is 0 Å². The van der Waals surface area contributed by atoms with Crippen LogP contribution in [0.15, 0.2) is 78.9 Å². The van der Waals surface area contributed by atoms with Crippen molar-refractivity contribution in [1.82, 2.24) is 14.8 Å². The van der Waals surface area contributed by atoms with Gasteiger partial charge in [0.15, 0.2) is 5.82 Å². The van der Waals surface area contributed by atoms with Gasteiger partial charge in [-0.15, -0.1) is 5.10 Å². The van der Waals surface area contributed by atoms with Crippen molar-refractivity contribution < 1.29 is 15.0 Å². The van der Waals surface area contributed by atoms with Gasteiger partial charge in [0.25, 0.3) is 5.91 Å². The Kier molecular flexibility index (Phi) is 4.47. The van der Waals surface area contributed by atoms with Gasteiger partial charge in [-0.05, 0) is 48.5 Å². The SMILES string of the molecule is O=C(Nc1ccc(O)cc1)c1nc(-c2ccccc2)n(-c2ccc(O)cc2)n1. The van der Waals surface area contributed by atoms with Crippen LogP contribution in [0.4, 0.5) is 5.69 Å². The molecule has 0 atom stereocenters. The molecule has 0 aliphatic carbocycles. The van der Waals surface area contributed by atoms with E-state index in [0.717, 1.165) is 5.56 Å². The molecule has 0 aliphatic heterocycles. The molecular formula is C21H16N4O3. The van der Waals surface area contributed by atoms with Gasteiger partial charge in [-0.3, -0.25) is 4.79 Å². The first-order valence-electron chi connectivity index (χ1n) is 8.52. The van der Waals surface area contributed by atoms with Gasteiger partial charge in [0.2, 0.25) is 5.82 Å². The summed E-state index contributed by atoms with van der Waals surface area (Å²) >= 11 is 0. The summed E-state index contributed by atoms with van der Waals surface area (Å²) in [6.45, 7) is 0. The third-order valence-corrected chi connectivity index (χ3v) is 4.06. The zero-order valence-electron chi connectivity index (χ0n) is 14.6. The lowest BCUT2D eigenvalue weighted by molar-refractivity contribution is 0.101. The second kappa shape index (κ2) is 7.24. The van der Waals surface area contributed by atoms with Crippen molar-refractivity contribution in [2.75, 3.05) is 5.32 Å². The zero-order valence-corrected chi connectivity index (χ0v) is 14.6. The second-order valence-electron chi connectivity index (χ2n) is 6.05. The average Bonchev–Trinajstić information content (AvgIpc) is 3.16. The predicted molar refractivity (Wildman–Crippen MR) is 105 cm³/mol. The summed E-state index contributed by atoms with van der Waals surface area (Å²) in [7, 11) is 0. The van der Waals surface area contributed by atoms with Crippen molar-refractivity contribution in [1.29, 1.82) is 0 Å². The van der Waals surface area contributed by atoms with Gasteiger partial charge in [0.1, 0.15) is 11.5 Å². The molecule has 4 aromatic rings. The van der Waals surface area contributed by atoms with Crippen molar-refractivity contribution >= 4 is 11.6 Å². The smallest absolute Gasteiger partial charge is 0.295 e. The van der Waals surface area contributed by atoms with E-state index in [2.05, 4.69) is 15.4 Å². The molecule has 3 N–H and O–H groups in total. The number of amides is 1. The molecule has 7 nitrogen and oxygen atoms in total. The molecule has 0 saturated carbocycles. The Morgan fingerprint density at radius 2 is 1.43 bits per heavy atom. The van der Waals surface area contributed by atoms with Gasteiger partial charge < -0.3 is 15.5 Å². The highest BCUT2D eigenvalue weighted by Gasteiger charge is 2.19. The zero-order chi connectivity index (χ0) is 19.5. The Morgan fingerprint density at radius 3 is 2.07 bits per heavy atom. The highest BCUT2D eigenvalue weighted by molar-refractivity contribution is 6.01. The molecule has 0 radical (unpaired) electrons. The molecule has 0 bridgehead atoms. The van der Waals surface area contributed by atoms with E-state index in [1.54, 1.807) is 41.1 Å². The van der Waals surface area contributed by atoms with Crippen molar-refractivity contribution in [3.05, 3.63) is 84.7 Å². The third-order valence-electron chi connectivity index (χ3n) is 4.06. The van der Waals surface area contributed by atoms with E-state index in [9.17, 15) is 15.0 Å². The van der Waals surface area contributed by atoms with Gasteiger partial charge in [-0.25, -0.2) is 9.67 Å². The molecule has 7 heteroatoms. The fourth-order valence-electron chi connectivity index (χ4n) is 2.69. The number of carbonyl (C=O) groups is 1. The fourth-order valence-corrected chi connectivity index (χ4v) is 2.69. The van der Waals surface area contributed by atoms with Crippen LogP contribution in [0.5, 0.6) is 11.5 Å². The van der Waals surface area contributed by atoms with Crippen molar-refractivity contribution in [2.45, 2.75) is 0 Å².